The number of pyridine rings is 1. The molecule has 1 amide bonds. The van der Waals surface area contributed by atoms with E-state index in [1.807, 2.05) is 22.8 Å². The first-order valence-electron chi connectivity index (χ1n) is 8.03. The van der Waals surface area contributed by atoms with Crippen molar-refractivity contribution in [3.8, 4) is 0 Å². The van der Waals surface area contributed by atoms with Gasteiger partial charge in [-0.05, 0) is 18.1 Å². The summed E-state index contributed by atoms with van der Waals surface area (Å²) in [6, 6.07) is 11.9. The summed E-state index contributed by atoms with van der Waals surface area (Å²) in [6.07, 6.45) is 3.56. The molecule has 0 spiro atoms. The van der Waals surface area contributed by atoms with Gasteiger partial charge in [-0.1, -0.05) is 30.3 Å². The number of fused-ring (bicyclic) bond motifs is 1. The predicted molar refractivity (Wildman–Crippen MR) is 89.6 cm³/mol. The fourth-order valence-corrected chi connectivity index (χ4v) is 3.07. The molecule has 6 nitrogen and oxygen atoms in total. The van der Waals surface area contributed by atoms with E-state index in [0.29, 0.717) is 37.1 Å². The number of imidazole rings is 1. The topological polar surface area (TPSA) is 71.2 Å². The summed E-state index contributed by atoms with van der Waals surface area (Å²) in [4.78, 5) is 23.0. The number of carbonyl (C=O) groups excluding carboxylic acids is 1. The molecule has 6 heteroatoms. The Hall–Kier alpha value is -2.73. The van der Waals surface area contributed by atoms with Crippen LogP contribution in [0.1, 0.15) is 22.3 Å². The molecule has 1 fully saturated rings. The molecular weight excluding hydrogens is 304 g/mol. The molecule has 1 saturated heterocycles. The number of hydrogen-bond acceptors (Lipinski definition) is 4. The second-order valence-corrected chi connectivity index (χ2v) is 6.12. The molecule has 24 heavy (non-hydrogen) atoms. The van der Waals surface area contributed by atoms with Crippen molar-refractivity contribution >= 4 is 17.1 Å². The van der Waals surface area contributed by atoms with E-state index >= 15 is 0 Å². The van der Waals surface area contributed by atoms with Gasteiger partial charge in [0.15, 0.2) is 5.65 Å². The van der Waals surface area contributed by atoms with Crippen molar-refractivity contribution in [2.75, 3.05) is 13.1 Å². The van der Waals surface area contributed by atoms with Gasteiger partial charge in [0.2, 0.25) is 0 Å². The summed E-state index contributed by atoms with van der Waals surface area (Å²) >= 11 is 0. The fourth-order valence-electron chi connectivity index (χ4n) is 3.07. The molecule has 4 rings (SSSR count). The van der Waals surface area contributed by atoms with Gasteiger partial charge in [-0.15, -0.1) is 0 Å². The van der Waals surface area contributed by atoms with Gasteiger partial charge in [0.25, 0.3) is 5.91 Å². The number of aromatic nitrogens is 3. The van der Waals surface area contributed by atoms with E-state index in [1.54, 1.807) is 23.5 Å². The van der Waals surface area contributed by atoms with Crippen molar-refractivity contribution < 1.29 is 9.90 Å². The van der Waals surface area contributed by atoms with E-state index in [2.05, 4.69) is 22.1 Å². The van der Waals surface area contributed by atoms with Crippen molar-refractivity contribution in [1.29, 1.82) is 0 Å². The summed E-state index contributed by atoms with van der Waals surface area (Å²) in [7, 11) is 0. The molecule has 1 aliphatic heterocycles. The number of aliphatic hydroxyl groups excluding tert-OH is 1. The maximum Gasteiger partial charge on any atom is 0.255 e. The Morgan fingerprint density at radius 2 is 2.08 bits per heavy atom. The highest BCUT2D eigenvalue weighted by Crippen LogP contribution is 2.17. The summed E-state index contributed by atoms with van der Waals surface area (Å²) in [5, 5.41) is 9.59. The van der Waals surface area contributed by atoms with Gasteiger partial charge in [0.1, 0.15) is 5.52 Å². The minimum Gasteiger partial charge on any atom is -0.391 e. The van der Waals surface area contributed by atoms with Crippen LogP contribution < -0.4 is 0 Å². The Morgan fingerprint density at radius 1 is 1.25 bits per heavy atom. The molecule has 0 bridgehead atoms. The Bertz CT molecular complexity index is 875. The standard InChI is InChI=1S/C18H18N4O2/c23-15-6-7-21(11-15)18(24)14-8-16-17(19-9-14)22(12-20-16)10-13-4-2-1-3-5-13/h1-5,8-9,12,15,23H,6-7,10-11H2/t15-/m0/s1. The largest absolute Gasteiger partial charge is 0.391 e. The second-order valence-electron chi connectivity index (χ2n) is 6.12. The van der Waals surface area contributed by atoms with Gasteiger partial charge >= 0.3 is 0 Å². The van der Waals surface area contributed by atoms with Crippen LogP contribution in [0, 0.1) is 0 Å². The first-order chi connectivity index (χ1) is 11.7. The van der Waals surface area contributed by atoms with E-state index in [0.717, 1.165) is 5.65 Å². The van der Waals surface area contributed by atoms with Crippen LogP contribution in [0.2, 0.25) is 0 Å². The molecule has 0 unspecified atom stereocenters. The summed E-state index contributed by atoms with van der Waals surface area (Å²) in [5.74, 6) is -0.0986. The van der Waals surface area contributed by atoms with Crippen molar-refractivity contribution in [3.63, 3.8) is 0 Å². The highest BCUT2D eigenvalue weighted by Gasteiger charge is 2.25. The van der Waals surface area contributed by atoms with Gasteiger partial charge in [-0.2, -0.15) is 0 Å². The number of nitrogens with zero attached hydrogens (tertiary/aromatic N) is 4. The van der Waals surface area contributed by atoms with Gasteiger partial charge < -0.3 is 14.6 Å². The Labute approximate surface area is 139 Å². The van der Waals surface area contributed by atoms with E-state index in [4.69, 9.17) is 0 Å². The van der Waals surface area contributed by atoms with Gasteiger partial charge in [0, 0.05) is 19.3 Å². The molecule has 122 valence electrons. The maximum atomic E-state index is 12.5. The molecule has 1 aliphatic rings. The molecule has 3 aromatic rings. The SMILES string of the molecule is O=C(c1cnc2c(c1)ncn2Cc1ccccc1)N1CC[C@H](O)C1. The lowest BCUT2D eigenvalue weighted by Gasteiger charge is -2.15. The zero-order valence-corrected chi connectivity index (χ0v) is 13.2. The van der Waals surface area contributed by atoms with Crippen molar-refractivity contribution in [2.45, 2.75) is 19.1 Å². The first kappa shape index (κ1) is 14.8. The van der Waals surface area contributed by atoms with E-state index in [9.17, 15) is 9.90 Å². The lowest BCUT2D eigenvalue weighted by atomic mass is 10.2. The highest BCUT2D eigenvalue weighted by atomic mass is 16.3. The lowest BCUT2D eigenvalue weighted by molar-refractivity contribution is 0.0764. The summed E-state index contributed by atoms with van der Waals surface area (Å²) < 4.78 is 1.97. The predicted octanol–water partition coefficient (Wildman–Crippen LogP) is 1.69. The van der Waals surface area contributed by atoms with Crippen molar-refractivity contribution in [1.82, 2.24) is 19.4 Å². The van der Waals surface area contributed by atoms with Crippen molar-refractivity contribution in [3.05, 3.63) is 60.0 Å². The van der Waals surface area contributed by atoms with Crippen LogP contribution in [0.15, 0.2) is 48.9 Å². The number of aliphatic hydroxyl groups is 1. The minimum absolute atomic E-state index is 0.0986. The van der Waals surface area contributed by atoms with Crippen LogP contribution in [-0.2, 0) is 6.54 Å². The average molecular weight is 322 g/mol. The Balaban J connectivity index is 1.60. The maximum absolute atomic E-state index is 12.5. The molecular formula is C18H18N4O2. The molecule has 1 atom stereocenters. The van der Waals surface area contributed by atoms with Crippen LogP contribution in [-0.4, -0.2) is 49.6 Å². The molecule has 0 saturated carbocycles. The average Bonchev–Trinajstić information content (AvgIpc) is 3.21. The monoisotopic (exact) mass is 322 g/mol. The van der Waals surface area contributed by atoms with Gasteiger partial charge in [-0.25, -0.2) is 9.97 Å². The first-order valence-corrected chi connectivity index (χ1v) is 8.03. The van der Waals surface area contributed by atoms with Crippen molar-refractivity contribution in [2.24, 2.45) is 0 Å². The fraction of sp³-hybridized carbons (Fsp3) is 0.278. The van der Waals surface area contributed by atoms with E-state index in [-0.39, 0.29) is 5.91 Å². The zero-order valence-electron chi connectivity index (χ0n) is 13.2. The molecule has 0 radical (unpaired) electrons. The van der Waals surface area contributed by atoms with Gasteiger partial charge in [0.05, 0.1) is 24.5 Å². The zero-order chi connectivity index (χ0) is 16.5. The third-order valence-corrected chi connectivity index (χ3v) is 4.35. The Morgan fingerprint density at radius 3 is 2.83 bits per heavy atom. The molecule has 2 aromatic heterocycles. The van der Waals surface area contributed by atoms with Crippen LogP contribution in [0.5, 0.6) is 0 Å². The normalized spacial score (nSPS) is 17.5. The number of amides is 1. The van der Waals surface area contributed by atoms with Crippen LogP contribution >= 0.6 is 0 Å². The summed E-state index contributed by atoms with van der Waals surface area (Å²) in [5.41, 5.74) is 3.15. The minimum atomic E-state index is -0.421. The van der Waals surface area contributed by atoms with Gasteiger partial charge in [-0.3, -0.25) is 4.79 Å². The third-order valence-electron chi connectivity index (χ3n) is 4.35. The number of hydrogen-bond donors (Lipinski definition) is 1. The molecule has 3 heterocycles. The third kappa shape index (κ3) is 2.76. The van der Waals surface area contributed by atoms with Crippen LogP contribution in [0.3, 0.4) is 0 Å². The molecule has 1 N–H and O–H groups in total. The van der Waals surface area contributed by atoms with E-state index in [1.165, 1.54) is 5.56 Å². The number of benzene rings is 1. The van der Waals surface area contributed by atoms with E-state index < -0.39 is 6.10 Å². The van der Waals surface area contributed by atoms with Crippen LogP contribution in [0.4, 0.5) is 0 Å². The number of β-amino-alcohol motifs (C(OH)–C–C–N with tert-alkyl or cyclic N) is 1. The lowest BCUT2D eigenvalue weighted by Crippen LogP contribution is -2.29. The number of likely N-dealkylation sites (tertiary alicyclic amines) is 1. The Kier molecular flexibility index (Phi) is 3.74. The van der Waals surface area contributed by atoms with Crippen LogP contribution in [0.25, 0.3) is 11.2 Å². The number of carbonyl (C=O) groups is 1. The molecule has 1 aromatic carbocycles. The number of rotatable bonds is 3. The quantitative estimate of drug-likeness (QED) is 0.796. The molecule has 0 aliphatic carbocycles. The smallest absolute Gasteiger partial charge is 0.255 e. The second kappa shape index (κ2) is 6.05. The summed E-state index contributed by atoms with van der Waals surface area (Å²) in [6.45, 7) is 1.66. The highest BCUT2D eigenvalue weighted by molar-refractivity contribution is 5.96.